The third kappa shape index (κ3) is 3.91. The smallest absolute Gasteiger partial charge is 0.230 e. The number of hydrogen-bond donors (Lipinski definition) is 0. The minimum Gasteiger partial charge on any atom is -0.457 e. The Morgan fingerprint density at radius 1 is 0.962 bits per heavy atom. The molecule has 0 atom stereocenters. The monoisotopic (exact) mass is 344 g/mol. The standard InChI is InChI=1S/C22H20N2O2/c25-22(18-8-9-18)24(16-17-5-4-14-23-15-17)19-10-12-21(13-11-19)26-20-6-2-1-3-7-20/h1-7,10-15,18H,8-9,16H2. The van der Waals surface area contributed by atoms with Crippen molar-refractivity contribution in [3.8, 4) is 11.5 Å². The minimum absolute atomic E-state index is 0.159. The number of amides is 1. The summed E-state index contributed by atoms with van der Waals surface area (Å²) >= 11 is 0. The van der Waals surface area contributed by atoms with E-state index in [0.29, 0.717) is 6.54 Å². The summed E-state index contributed by atoms with van der Waals surface area (Å²) in [6.07, 6.45) is 5.52. The molecule has 1 aliphatic carbocycles. The van der Waals surface area contributed by atoms with Crippen LogP contribution in [0.5, 0.6) is 11.5 Å². The van der Waals surface area contributed by atoms with Gasteiger partial charge in [0, 0.05) is 24.0 Å². The van der Waals surface area contributed by atoms with Crippen molar-refractivity contribution in [3.05, 3.63) is 84.7 Å². The fourth-order valence-electron chi connectivity index (χ4n) is 2.84. The van der Waals surface area contributed by atoms with Crippen LogP contribution in [0.3, 0.4) is 0 Å². The maximum absolute atomic E-state index is 12.8. The fourth-order valence-corrected chi connectivity index (χ4v) is 2.84. The highest BCUT2D eigenvalue weighted by atomic mass is 16.5. The SMILES string of the molecule is O=C(C1CC1)N(Cc1cccnc1)c1ccc(Oc2ccccc2)cc1. The van der Waals surface area contributed by atoms with Crippen molar-refractivity contribution in [2.75, 3.05) is 4.90 Å². The topological polar surface area (TPSA) is 42.4 Å². The number of aromatic nitrogens is 1. The predicted molar refractivity (Wildman–Crippen MR) is 101 cm³/mol. The zero-order valence-corrected chi connectivity index (χ0v) is 14.4. The molecule has 4 rings (SSSR count). The molecule has 4 nitrogen and oxygen atoms in total. The molecule has 1 amide bonds. The van der Waals surface area contributed by atoms with Gasteiger partial charge in [0.1, 0.15) is 11.5 Å². The number of hydrogen-bond acceptors (Lipinski definition) is 3. The Labute approximate surface area is 153 Å². The van der Waals surface area contributed by atoms with E-state index in [-0.39, 0.29) is 11.8 Å². The van der Waals surface area contributed by atoms with E-state index in [9.17, 15) is 4.79 Å². The van der Waals surface area contributed by atoms with E-state index in [2.05, 4.69) is 4.98 Å². The van der Waals surface area contributed by atoms with Gasteiger partial charge < -0.3 is 9.64 Å². The second-order valence-electron chi connectivity index (χ2n) is 6.47. The average Bonchev–Trinajstić information content (AvgIpc) is 3.53. The fraction of sp³-hybridized carbons (Fsp3) is 0.182. The van der Waals surface area contributed by atoms with Gasteiger partial charge in [-0.05, 0) is 60.9 Å². The van der Waals surface area contributed by atoms with Gasteiger partial charge in [0.05, 0.1) is 6.54 Å². The third-order valence-electron chi connectivity index (χ3n) is 4.38. The van der Waals surface area contributed by atoms with Crippen LogP contribution < -0.4 is 9.64 Å². The van der Waals surface area contributed by atoms with Crippen LogP contribution in [-0.4, -0.2) is 10.9 Å². The quantitative estimate of drug-likeness (QED) is 0.644. The lowest BCUT2D eigenvalue weighted by Gasteiger charge is -2.23. The second kappa shape index (κ2) is 7.40. The first-order valence-electron chi connectivity index (χ1n) is 8.83. The number of nitrogens with zero attached hydrogens (tertiary/aromatic N) is 2. The van der Waals surface area contributed by atoms with Crippen molar-refractivity contribution in [3.63, 3.8) is 0 Å². The molecule has 0 spiro atoms. The van der Waals surface area contributed by atoms with Gasteiger partial charge in [-0.25, -0.2) is 0 Å². The first-order chi connectivity index (χ1) is 12.8. The van der Waals surface area contributed by atoms with E-state index in [0.717, 1.165) is 35.6 Å². The first-order valence-corrected chi connectivity index (χ1v) is 8.83. The van der Waals surface area contributed by atoms with Crippen molar-refractivity contribution >= 4 is 11.6 Å². The number of ether oxygens (including phenoxy) is 1. The van der Waals surface area contributed by atoms with Crippen LogP contribution >= 0.6 is 0 Å². The number of para-hydroxylation sites is 1. The highest BCUT2D eigenvalue weighted by Gasteiger charge is 2.34. The van der Waals surface area contributed by atoms with Crippen molar-refractivity contribution in [2.45, 2.75) is 19.4 Å². The van der Waals surface area contributed by atoms with Crippen molar-refractivity contribution in [1.29, 1.82) is 0 Å². The lowest BCUT2D eigenvalue weighted by atomic mass is 10.2. The summed E-state index contributed by atoms with van der Waals surface area (Å²) in [6.45, 7) is 0.530. The van der Waals surface area contributed by atoms with Crippen LogP contribution in [0.4, 0.5) is 5.69 Å². The van der Waals surface area contributed by atoms with E-state index in [1.807, 2.05) is 71.6 Å². The third-order valence-corrected chi connectivity index (χ3v) is 4.38. The van der Waals surface area contributed by atoms with E-state index < -0.39 is 0 Å². The molecule has 0 radical (unpaired) electrons. The largest absolute Gasteiger partial charge is 0.457 e. The van der Waals surface area contributed by atoms with Crippen molar-refractivity contribution in [2.24, 2.45) is 5.92 Å². The van der Waals surface area contributed by atoms with Crippen molar-refractivity contribution < 1.29 is 9.53 Å². The summed E-state index contributed by atoms with van der Waals surface area (Å²) < 4.78 is 5.84. The lowest BCUT2D eigenvalue weighted by molar-refractivity contribution is -0.119. The van der Waals surface area contributed by atoms with Gasteiger partial charge in [0.15, 0.2) is 0 Å². The number of rotatable bonds is 6. The van der Waals surface area contributed by atoms with Crippen molar-refractivity contribution in [1.82, 2.24) is 4.98 Å². The summed E-state index contributed by atoms with van der Waals surface area (Å²) in [5.41, 5.74) is 1.90. The van der Waals surface area contributed by atoms with Gasteiger partial charge in [0.25, 0.3) is 0 Å². The Bertz CT molecular complexity index is 860. The minimum atomic E-state index is 0.159. The number of carbonyl (C=O) groups is 1. The molecule has 0 bridgehead atoms. The Balaban J connectivity index is 1.54. The lowest BCUT2D eigenvalue weighted by Crippen LogP contribution is -2.31. The molecule has 0 aliphatic heterocycles. The van der Waals surface area contributed by atoms with Crippen LogP contribution in [0.1, 0.15) is 18.4 Å². The highest BCUT2D eigenvalue weighted by Crippen LogP contribution is 2.34. The molecule has 1 fully saturated rings. The molecule has 1 saturated carbocycles. The Kier molecular flexibility index (Phi) is 4.65. The van der Waals surface area contributed by atoms with Gasteiger partial charge in [-0.15, -0.1) is 0 Å². The molecule has 3 aromatic rings. The van der Waals surface area contributed by atoms with Gasteiger partial charge in [-0.1, -0.05) is 24.3 Å². The normalized spacial score (nSPS) is 13.2. The Hall–Kier alpha value is -3.14. The zero-order chi connectivity index (χ0) is 17.8. The van der Waals surface area contributed by atoms with Gasteiger partial charge in [-0.2, -0.15) is 0 Å². The maximum atomic E-state index is 12.8. The highest BCUT2D eigenvalue weighted by molar-refractivity contribution is 5.96. The maximum Gasteiger partial charge on any atom is 0.230 e. The summed E-state index contributed by atoms with van der Waals surface area (Å²) in [5, 5.41) is 0. The second-order valence-corrected chi connectivity index (χ2v) is 6.47. The molecule has 4 heteroatoms. The molecule has 2 aromatic carbocycles. The molecule has 26 heavy (non-hydrogen) atoms. The summed E-state index contributed by atoms with van der Waals surface area (Å²) in [7, 11) is 0. The molecule has 0 saturated heterocycles. The van der Waals surface area contributed by atoms with Crippen LogP contribution in [-0.2, 0) is 11.3 Å². The van der Waals surface area contributed by atoms with E-state index in [1.165, 1.54) is 0 Å². The summed E-state index contributed by atoms with van der Waals surface area (Å²) in [5.74, 6) is 1.89. The Morgan fingerprint density at radius 3 is 2.35 bits per heavy atom. The summed E-state index contributed by atoms with van der Waals surface area (Å²) in [4.78, 5) is 18.8. The number of anilines is 1. The van der Waals surface area contributed by atoms with Gasteiger partial charge in [0.2, 0.25) is 5.91 Å². The number of carbonyl (C=O) groups excluding carboxylic acids is 1. The van der Waals surface area contributed by atoms with Crippen LogP contribution in [0, 0.1) is 5.92 Å². The molecule has 0 unspecified atom stereocenters. The van der Waals surface area contributed by atoms with E-state index in [4.69, 9.17) is 4.74 Å². The molecular weight excluding hydrogens is 324 g/mol. The van der Waals surface area contributed by atoms with Crippen LogP contribution in [0.25, 0.3) is 0 Å². The molecule has 130 valence electrons. The molecule has 1 aliphatic rings. The zero-order valence-electron chi connectivity index (χ0n) is 14.4. The molecule has 1 heterocycles. The van der Waals surface area contributed by atoms with E-state index >= 15 is 0 Å². The molecule has 1 aromatic heterocycles. The van der Waals surface area contributed by atoms with Gasteiger partial charge >= 0.3 is 0 Å². The van der Waals surface area contributed by atoms with Crippen LogP contribution in [0.2, 0.25) is 0 Å². The predicted octanol–water partition coefficient (Wildman–Crippen LogP) is 4.82. The van der Waals surface area contributed by atoms with E-state index in [1.54, 1.807) is 12.4 Å². The number of benzene rings is 2. The summed E-state index contributed by atoms with van der Waals surface area (Å²) in [6, 6.07) is 21.2. The molecule has 0 N–H and O–H groups in total. The number of pyridine rings is 1. The average molecular weight is 344 g/mol. The molecular formula is C22H20N2O2. The first kappa shape index (κ1) is 16.3. The van der Waals surface area contributed by atoms with Gasteiger partial charge in [-0.3, -0.25) is 9.78 Å². The van der Waals surface area contributed by atoms with Crippen LogP contribution in [0.15, 0.2) is 79.1 Å². The Morgan fingerprint density at radius 2 is 1.69 bits per heavy atom.